The Balaban J connectivity index is 1.29. The molecule has 0 unspecified atom stereocenters. The van der Waals surface area contributed by atoms with Gasteiger partial charge in [0, 0.05) is 0 Å². The molecule has 0 aromatic heterocycles. The van der Waals surface area contributed by atoms with E-state index in [-0.39, 0.29) is 12.1 Å². The summed E-state index contributed by atoms with van der Waals surface area (Å²) in [4.78, 5) is 0. The standard InChI is InChI=1S/C42H18B2F6/c45-41(46,47)21-15-27-23-5-1-3-7-31(23)43-33-13-19-10-12-26-30-18-22(42(48,49)50)16-28-24-6-2-4-8-32(24)44(40(28)30)34-14-20-9-11-25(29(17-21)39(27)43)37(33)35(20)36(19)38(26)34/h1-18H/i9D,10D. The van der Waals surface area contributed by atoms with E-state index in [1.54, 1.807) is 12.1 Å². The Kier molecular flexibility index (Phi) is 4.30. The summed E-state index contributed by atoms with van der Waals surface area (Å²) in [7, 11) is 0. The third-order valence-electron chi connectivity index (χ3n) is 11.7. The molecule has 0 amide bonds. The van der Waals surface area contributed by atoms with Crippen LogP contribution in [0, 0.1) is 0 Å². The van der Waals surface area contributed by atoms with E-state index in [1.165, 1.54) is 24.3 Å². The maximum Gasteiger partial charge on any atom is 0.416 e. The molecular formula is C42H18B2F6. The lowest BCUT2D eigenvalue weighted by Gasteiger charge is -2.31. The van der Waals surface area contributed by atoms with Crippen LogP contribution in [0.2, 0.25) is 0 Å². The minimum atomic E-state index is -4.60. The van der Waals surface area contributed by atoms with E-state index in [1.807, 2.05) is 60.7 Å². The Morgan fingerprint density at radius 1 is 0.400 bits per heavy atom. The van der Waals surface area contributed by atoms with Crippen molar-refractivity contribution < 1.29 is 29.1 Å². The molecule has 0 saturated carbocycles. The van der Waals surface area contributed by atoms with Crippen LogP contribution in [0.5, 0.6) is 0 Å². The highest BCUT2D eigenvalue weighted by Crippen LogP contribution is 2.48. The molecule has 0 nitrogen and oxygen atoms in total. The average Bonchev–Trinajstić information content (AvgIpc) is 3.63. The lowest BCUT2D eigenvalue weighted by molar-refractivity contribution is -0.138. The topological polar surface area (TPSA) is 0 Å². The fourth-order valence-corrected chi connectivity index (χ4v) is 9.90. The van der Waals surface area contributed by atoms with Crippen molar-refractivity contribution in [1.82, 2.24) is 0 Å². The molecule has 12 rings (SSSR count). The maximum absolute atomic E-state index is 14.5. The molecule has 0 bridgehead atoms. The van der Waals surface area contributed by atoms with Crippen molar-refractivity contribution in [3.63, 3.8) is 0 Å². The minimum absolute atomic E-state index is 0.140. The zero-order chi connectivity index (χ0) is 35.3. The fraction of sp³-hybridized carbons (Fsp3) is 0.0476. The molecule has 8 heteroatoms. The average molecular weight is 660 g/mol. The summed E-state index contributed by atoms with van der Waals surface area (Å²) in [6.07, 6.45) is -9.21. The summed E-state index contributed by atoms with van der Waals surface area (Å²) < 4.78 is 106. The Bertz CT molecular complexity index is 2830. The smallest absolute Gasteiger partial charge is 0.166 e. The summed E-state index contributed by atoms with van der Waals surface area (Å²) in [5, 5.41) is 3.99. The van der Waals surface area contributed by atoms with E-state index in [9.17, 15) is 29.1 Å². The lowest BCUT2D eigenvalue weighted by Crippen LogP contribution is -2.52. The van der Waals surface area contributed by atoms with Gasteiger partial charge < -0.3 is 0 Å². The molecule has 0 atom stereocenters. The minimum Gasteiger partial charge on any atom is -0.166 e. The van der Waals surface area contributed by atoms with Gasteiger partial charge in [-0.3, -0.25) is 0 Å². The van der Waals surface area contributed by atoms with Crippen molar-refractivity contribution in [2.75, 3.05) is 0 Å². The van der Waals surface area contributed by atoms with Gasteiger partial charge in [-0.05, 0) is 101 Å². The van der Waals surface area contributed by atoms with Crippen LogP contribution in [-0.4, -0.2) is 13.4 Å². The summed E-state index contributed by atoms with van der Waals surface area (Å²) in [6, 6.07) is 27.4. The molecule has 4 heterocycles. The van der Waals surface area contributed by atoms with E-state index >= 15 is 0 Å². The molecule has 0 aliphatic carbocycles. The number of hydrogen-bond acceptors (Lipinski definition) is 0. The van der Waals surface area contributed by atoms with Crippen LogP contribution in [-0.2, 0) is 12.4 Å². The van der Waals surface area contributed by atoms with Crippen molar-refractivity contribution in [3.8, 4) is 44.5 Å². The van der Waals surface area contributed by atoms with E-state index < -0.39 is 36.9 Å². The van der Waals surface area contributed by atoms with Gasteiger partial charge in [0.2, 0.25) is 13.4 Å². The van der Waals surface area contributed by atoms with Crippen LogP contribution in [0.3, 0.4) is 0 Å². The van der Waals surface area contributed by atoms with E-state index in [0.29, 0.717) is 54.9 Å². The molecular weight excluding hydrogens is 640 g/mol. The Hall–Kier alpha value is -5.49. The van der Waals surface area contributed by atoms with Crippen molar-refractivity contribution >= 4 is 78.5 Å². The van der Waals surface area contributed by atoms with Crippen LogP contribution in [0.1, 0.15) is 13.9 Å². The highest BCUT2D eigenvalue weighted by Gasteiger charge is 2.46. The molecule has 0 saturated heterocycles. The van der Waals surface area contributed by atoms with Gasteiger partial charge in [0.15, 0.2) is 0 Å². The van der Waals surface area contributed by atoms with Gasteiger partial charge in [-0.2, -0.15) is 26.3 Å². The predicted octanol–water partition coefficient (Wildman–Crippen LogP) is 7.58. The number of fused-ring (bicyclic) bond motifs is 10. The monoisotopic (exact) mass is 660 g/mol. The van der Waals surface area contributed by atoms with Crippen molar-refractivity contribution in [1.29, 1.82) is 0 Å². The summed E-state index contributed by atoms with van der Waals surface area (Å²) in [5.74, 6) is 0. The fourth-order valence-electron chi connectivity index (χ4n) is 9.90. The van der Waals surface area contributed by atoms with Gasteiger partial charge in [0.25, 0.3) is 0 Å². The van der Waals surface area contributed by atoms with Gasteiger partial charge in [-0.15, -0.1) is 0 Å². The number of hydrogen-bond donors (Lipinski definition) is 0. The molecule has 4 aliphatic rings. The van der Waals surface area contributed by atoms with Crippen LogP contribution in [0.4, 0.5) is 26.3 Å². The Morgan fingerprint density at radius 3 is 1.18 bits per heavy atom. The molecule has 234 valence electrons. The van der Waals surface area contributed by atoms with Gasteiger partial charge >= 0.3 is 12.4 Å². The zero-order valence-corrected chi connectivity index (χ0v) is 25.7. The van der Waals surface area contributed by atoms with Gasteiger partial charge in [0.1, 0.15) is 0 Å². The Labute approximate surface area is 284 Å². The largest absolute Gasteiger partial charge is 0.416 e. The number of alkyl halides is 6. The second-order valence-electron chi connectivity index (χ2n) is 13.9. The SMILES string of the molecule is [2H]c1cc2c3c(cc4c([2H])cc5c6c(cc1c3c46)B1c3ccccc3-c3cc(C(F)(F)F)cc-5c31)B1c3ccccc3-c3cc(C(F)(F)F)cc-2c31. The number of benzene rings is 8. The maximum atomic E-state index is 14.5. The molecule has 8 aromatic rings. The summed E-state index contributed by atoms with van der Waals surface area (Å²) in [6.45, 7) is -0.796. The molecule has 0 fully saturated rings. The normalized spacial score (nSPS) is 15.1. The highest BCUT2D eigenvalue weighted by molar-refractivity contribution is 7.03. The lowest BCUT2D eigenvalue weighted by atomic mass is 9.34. The molecule has 0 radical (unpaired) electrons. The third kappa shape index (κ3) is 3.07. The highest BCUT2D eigenvalue weighted by atomic mass is 19.4. The van der Waals surface area contributed by atoms with Crippen molar-refractivity contribution in [2.24, 2.45) is 0 Å². The molecule has 4 aliphatic heterocycles. The number of halogens is 6. The quantitative estimate of drug-likeness (QED) is 0.0895. The van der Waals surface area contributed by atoms with Gasteiger partial charge in [0.05, 0.1) is 13.9 Å². The zero-order valence-electron chi connectivity index (χ0n) is 27.7. The first-order valence-electron chi connectivity index (χ1n) is 17.4. The molecule has 0 spiro atoms. The number of rotatable bonds is 0. The third-order valence-corrected chi connectivity index (χ3v) is 11.7. The van der Waals surface area contributed by atoms with Crippen molar-refractivity contribution in [2.45, 2.75) is 12.4 Å². The first kappa shape index (κ1) is 25.5. The predicted molar refractivity (Wildman–Crippen MR) is 191 cm³/mol. The van der Waals surface area contributed by atoms with E-state index in [0.717, 1.165) is 54.7 Å². The Morgan fingerprint density at radius 2 is 0.780 bits per heavy atom. The van der Waals surface area contributed by atoms with E-state index in [2.05, 4.69) is 0 Å². The van der Waals surface area contributed by atoms with Crippen LogP contribution >= 0.6 is 0 Å². The van der Waals surface area contributed by atoms with Crippen molar-refractivity contribution in [3.05, 3.63) is 120 Å². The van der Waals surface area contributed by atoms with Gasteiger partial charge in [-0.1, -0.05) is 118 Å². The second-order valence-corrected chi connectivity index (χ2v) is 13.9. The summed E-state index contributed by atoms with van der Waals surface area (Å²) in [5.41, 5.74) is 7.83. The molecule has 50 heavy (non-hydrogen) atoms. The first-order valence-corrected chi connectivity index (χ1v) is 16.4. The van der Waals surface area contributed by atoms with Gasteiger partial charge in [-0.25, -0.2) is 0 Å². The summed E-state index contributed by atoms with van der Waals surface area (Å²) >= 11 is 0. The van der Waals surface area contributed by atoms with E-state index in [4.69, 9.17) is 0 Å². The van der Waals surface area contributed by atoms with Crippen LogP contribution in [0.15, 0.2) is 109 Å². The second kappa shape index (κ2) is 8.44. The van der Waals surface area contributed by atoms with Crippen LogP contribution in [0.25, 0.3) is 76.8 Å². The molecule has 0 N–H and O–H groups in total. The van der Waals surface area contributed by atoms with Crippen LogP contribution < -0.4 is 32.8 Å². The molecule has 8 aromatic carbocycles. The first-order chi connectivity index (χ1) is 24.9.